The van der Waals surface area contributed by atoms with Gasteiger partial charge in [-0.3, -0.25) is 0 Å². The van der Waals surface area contributed by atoms with E-state index in [9.17, 15) is 0 Å². The van der Waals surface area contributed by atoms with Crippen LogP contribution in [-0.2, 0) is 4.74 Å². The highest BCUT2D eigenvalue weighted by molar-refractivity contribution is 5.16. The van der Waals surface area contributed by atoms with E-state index >= 15 is 0 Å². The average Bonchev–Trinajstić information content (AvgIpc) is 2.81. The Morgan fingerprint density at radius 2 is 1.83 bits per heavy atom. The van der Waals surface area contributed by atoms with Gasteiger partial charge in [-0.25, -0.2) is 0 Å². The normalized spacial score (nSPS) is 44.8. The fraction of sp³-hybridized carbons (Fsp3) is 0.778. The third-order valence-electron chi connectivity index (χ3n) is 2.90. The lowest BCUT2D eigenvalue weighted by Gasteiger charge is -2.21. The van der Waals surface area contributed by atoms with Gasteiger partial charge in [0.1, 0.15) is 5.60 Å². The van der Waals surface area contributed by atoms with Crippen molar-refractivity contribution in [1.29, 1.82) is 10.5 Å². The smallest absolute Gasteiger partial charge is 0.173 e. The molecule has 3 heteroatoms. The number of nitrogens with zero attached hydrogens (tertiary/aromatic N) is 2. The Balaban J connectivity index is 1.94. The van der Waals surface area contributed by atoms with Crippen molar-refractivity contribution < 1.29 is 4.74 Å². The topological polar surface area (TPSA) is 60.1 Å². The zero-order valence-corrected chi connectivity index (χ0v) is 6.79. The Hall–Kier alpha value is -1.06. The first-order valence-corrected chi connectivity index (χ1v) is 4.28. The molecule has 2 fully saturated rings. The van der Waals surface area contributed by atoms with E-state index in [-0.39, 0.29) is 17.6 Å². The van der Waals surface area contributed by atoms with Gasteiger partial charge in [-0.2, -0.15) is 10.5 Å². The molecule has 3 nitrogen and oxygen atoms in total. The fourth-order valence-corrected chi connectivity index (χ4v) is 1.96. The fourth-order valence-electron chi connectivity index (χ4n) is 1.96. The van der Waals surface area contributed by atoms with Crippen LogP contribution in [0.3, 0.4) is 0 Å². The summed E-state index contributed by atoms with van der Waals surface area (Å²) in [7, 11) is 0. The van der Waals surface area contributed by atoms with Crippen molar-refractivity contribution in [3.63, 3.8) is 0 Å². The van der Waals surface area contributed by atoms with Crippen LogP contribution in [-0.4, -0.2) is 11.7 Å². The summed E-state index contributed by atoms with van der Waals surface area (Å²) in [5.74, 6) is 0.194. The Kier molecular flexibility index (Phi) is 1.56. The zero-order chi connectivity index (χ0) is 8.60. The zero-order valence-electron chi connectivity index (χ0n) is 6.79. The van der Waals surface area contributed by atoms with E-state index in [1.807, 2.05) is 0 Å². The lowest BCUT2D eigenvalue weighted by molar-refractivity contribution is 0.216. The van der Waals surface area contributed by atoms with Crippen molar-refractivity contribution in [3.8, 4) is 12.1 Å². The third-order valence-corrected chi connectivity index (χ3v) is 2.90. The molecule has 0 aromatic carbocycles. The van der Waals surface area contributed by atoms with Crippen LogP contribution in [0.5, 0.6) is 0 Å². The summed E-state index contributed by atoms with van der Waals surface area (Å²) in [6.07, 6.45) is 3.40. The van der Waals surface area contributed by atoms with Gasteiger partial charge in [-0.15, -0.1) is 0 Å². The van der Waals surface area contributed by atoms with Crippen LogP contribution >= 0.6 is 0 Å². The molecule has 1 aliphatic carbocycles. The molecule has 1 heterocycles. The molecule has 2 aliphatic rings. The molecule has 1 saturated carbocycles. The molecule has 1 spiro atoms. The van der Waals surface area contributed by atoms with Crippen LogP contribution in [0.15, 0.2) is 0 Å². The Morgan fingerprint density at radius 3 is 2.25 bits per heavy atom. The monoisotopic (exact) mass is 162 g/mol. The molecule has 0 aromatic heterocycles. The van der Waals surface area contributed by atoms with E-state index in [0.717, 1.165) is 25.7 Å². The minimum atomic E-state index is -0.183. The number of epoxide rings is 1. The van der Waals surface area contributed by atoms with Gasteiger partial charge in [0.15, 0.2) is 6.10 Å². The van der Waals surface area contributed by atoms with Crippen LogP contribution in [0.25, 0.3) is 0 Å². The summed E-state index contributed by atoms with van der Waals surface area (Å²) in [6, 6.07) is 4.39. The Labute approximate surface area is 71.5 Å². The summed E-state index contributed by atoms with van der Waals surface area (Å²) in [5, 5.41) is 17.3. The van der Waals surface area contributed by atoms with Crippen LogP contribution in [0.2, 0.25) is 0 Å². The van der Waals surface area contributed by atoms with E-state index < -0.39 is 0 Å². The van der Waals surface area contributed by atoms with Gasteiger partial charge in [0.25, 0.3) is 0 Å². The van der Waals surface area contributed by atoms with Crippen LogP contribution in [0, 0.1) is 28.6 Å². The maximum Gasteiger partial charge on any atom is 0.173 e. The van der Waals surface area contributed by atoms with Crippen molar-refractivity contribution in [2.45, 2.75) is 37.4 Å². The van der Waals surface area contributed by atoms with Gasteiger partial charge in [-0.05, 0) is 25.7 Å². The van der Waals surface area contributed by atoms with Gasteiger partial charge in [0.05, 0.1) is 12.1 Å². The first-order valence-electron chi connectivity index (χ1n) is 4.28. The lowest BCUT2D eigenvalue weighted by atomic mass is 9.81. The largest absolute Gasteiger partial charge is 0.350 e. The Bertz CT molecular complexity index is 265. The second kappa shape index (κ2) is 2.47. The number of ether oxygens (including phenoxy) is 1. The maximum atomic E-state index is 8.65. The van der Waals surface area contributed by atoms with Crippen LogP contribution in [0.1, 0.15) is 25.7 Å². The minimum Gasteiger partial charge on any atom is -0.350 e. The molecule has 1 unspecified atom stereocenters. The molecular formula is C9H10N2O. The molecule has 0 bridgehead atoms. The molecule has 62 valence electrons. The summed E-state index contributed by atoms with van der Waals surface area (Å²) in [4.78, 5) is 0. The van der Waals surface area contributed by atoms with Gasteiger partial charge in [-0.1, -0.05) is 0 Å². The molecule has 1 aliphatic heterocycles. The van der Waals surface area contributed by atoms with E-state index in [2.05, 4.69) is 12.1 Å². The molecule has 0 radical (unpaired) electrons. The molecule has 1 atom stereocenters. The summed E-state index contributed by atoms with van der Waals surface area (Å²) >= 11 is 0. The van der Waals surface area contributed by atoms with Crippen molar-refractivity contribution >= 4 is 0 Å². The molecule has 1 saturated heterocycles. The average molecular weight is 162 g/mol. The molecule has 0 amide bonds. The second-order valence-electron chi connectivity index (χ2n) is 3.60. The predicted octanol–water partition coefficient (Wildman–Crippen LogP) is 1.36. The standard InChI is InChI=1S/C9H10N2O/c10-5-7-1-3-9(4-2-7)8(6-11)12-9/h7-8H,1-4H2. The van der Waals surface area contributed by atoms with Gasteiger partial charge in [0, 0.05) is 5.92 Å². The molecule has 2 rings (SSSR count). The molecule has 0 aromatic rings. The Morgan fingerprint density at radius 1 is 1.17 bits per heavy atom. The summed E-state index contributed by atoms with van der Waals surface area (Å²) in [5.41, 5.74) is -0.137. The SMILES string of the molecule is N#CC1CCC2(CC1)OC2C#N. The minimum absolute atomic E-state index is 0.137. The quantitative estimate of drug-likeness (QED) is 0.505. The number of rotatable bonds is 0. The lowest BCUT2D eigenvalue weighted by Crippen LogP contribution is -2.22. The van der Waals surface area contributed by atoms with Gasteiger partial charge in [0.2, 0.25) is 0 Å². The van der Waals surface area contributed by atoms with Gasteiger partial charge < -0.3 is 4.74 Å². The highest BCUT2D eigenvalue weighted by Crippen LogP contribution is 2.48. The van der Waals surface area contributed by atoms with Crippen molar-refractivity contribution in [2.75, 3.05) is 0 Å². The second-order valence-corrected chi connectivity index (χ2v) is 3.60. The number of hydrogen-bond donors (Lipinski definition) is 0. The van der Waals surface area contributed by atoms with Crippen molar-refractivity contribution in [1.82, 2.24) is 0 Å². The van der Waals surface area contributed by atoms with E-state index in [0.29, 0.717) is 0 Å². The van der Waals surface area contributed by atoms with E-state index in [1.54, 1.807) is 0 Å². The molecule has 12 heavy (non-hydrogen) atoms. The first-order chi connectivity index (χ1) is 5.80. The van der Waals surface area contributed by atoms with Gasteiger partial charge >= 0.3 is 0 Å². The van der Waals surface area contributed by atoms with E-state index in [1.165, 1.54) is 0 Å². The maximum absolute atomic E-state index is 8.65. The highest BCUT2D eigenvalue weighted by atomic mass is 16.6. The summed E-state index contributed by atoms with van der Waals surface area (Å²) in [6.45, 7) is 0. The van der Waals surface area contributed by atoms with E-state index in [4.69, 9.17) is 15.3 Å². The molecule has 0 N–H and O–H groups in total. The molecular weight excluding hydrogens is 152 g/mol. The number of nitriles is 2. The predicted molar refractivity (Wildman–Crippen MR) is 40.8 cm³/mol. The third kappa shape index (κ3) is 0.983. The van der Waals surface area contributed by atoms with Crippen molar-refractivity contribution in [2.24, 2.45) is 5.92 Å². The van der Waals surface area contributed by atoms with Crippen LogP contribution in [0.4, 0.5) is 0 Å². The van der Waals surface area contributed by atoms with Crippen molar-refractivity contribution in [3.05, 3.63) is 0 Å². The first kappa shape index (κ1) is 7.58. The summed E-state index contributed by atoms with van der Waals surface area (Å²) < 4.78 is 5.32. The van der Waals surface area contributed by atoms with Crippen LogP contribution < -0.4 is 0 Å². The highest BCUT2D eigenvalue weighted by Gasteiger charge is 2.57. The number of hydrogen-bond acceptors (Lipinski definition) is 3.